The summed E-state index contributed by atoms with van der Waals surface area (Å²) in [6.07, 6.45) is 4.13. The van der Waals surface area contributed by atoms with Crippen LogP contribution in [0.5, 0.6) is 0 Å². The molecule has 17 heavy (non-hydrogen) atoms. The molecule has 1 aliphatic rings. The number of rotatable bonds is 0. The summed E-state index contributed by atoms with van der Waals surface area (Å²) in [5.74, 6) is 0.852. The molecule has 1 aromatic heterocycles. The van der Waals surface area contributed by atoms with Crippen LogP contribution in [0.15, 0.2) is 30.5 Å². The second-order valence-corrected chi connectivity index (χ2v) is 3.95. The zero-order chi connectivity index (χ0) is 12.3. The molecule has 3 rings (SSSR count). The smallest absolute Gasteiger partial charge is 0.125 e. The number of aryl methyl sites for hydroxylation is 3. The summed E-state index contributed by atoms with van der Waals surface area (Å²) in [7, 11) is 0. The van der Waals surface area contributed by atoms with Crippen molar-refractivity contribution in [1.82, 2.24) is 9.97 Å². The number of hydrogen-bond acceptors (Lipinski definition) is 2. The molecule has 0 radical (unpaired) electrons. The molecule has 0 saturated carbocycles. The van der Waals surface area contributed by atoms with Crippen LogP contribution in [0, 0.1) is 6.92 Å². The van der Waals surface area contributed by atoms with Gasteiger partial charge in [0.05, 0.1) is 5.69 Å². The minimum absolute atomic E-state index is 0.852. The van der Waals surface area contributed by atoms with Crippen molar-refractivity contribution < 1.29 is 0 Å². The summed E-state index contributed by atoms with van der Waals surface area (Å²) < 4.78 is 0. The second kappa shape index (κ2) is 5.09. The molecule has 0 saturated heterocycles. The summed E-state index contributed by atoms with van der Waals surface area (Å²) in [5.41, 5.74) is 5.09. The van der Waals surface area contributed by atoms with Gasteiger partial charge in [0.15, 0.2) is 0 Å². The van der Waals surface area contributed by atoms with E-state index < -0.39 is 0 Å². The summed E-state index contributed by atoms with van der Waals surface area (Å²) in [6, 6.07) is 8.51. The van der Waals surface area contributed by atoms with Crippen molar-refractivity contribution in [3.05, 3.63) is 47.4 Å². The van der Waals surface area contributed by atoms with Gasteiger partial charge in [0.2, 0.25) is 0 Å². The Balaban J connectivity index is 0.000000514. The van der Waals surface area contributed by atoms with Gasteiger partial charge >= 0.3 is 0 Å². The van der Waals surface area contributed by atoms with Gasteiger partial charge in [-0.1, -0.05) is 38.1 Å². The molecule has 2 heteroatoms. The van der Waals surface area contributed by atoms with E-state index in [0.717, 1.165) is 24.4 Å². The number of fused-ring (bicyclic) bond motifs is 3. The topological polar surface area (TPSA) is 25.8 Å². The molecule has 0 spiro atoms. The van der Waals surface area contributed by atoms with Crippen LogP contribution in [0.2, 0.25) is 0 Å². The largest absolute Gasteiger partial charge is 0.241 e. The van der Waals surface area contributed by atoms with Crippen LogP contribution in [-0.2, 0) is 12.8 Å². The zero-order valence-corrected chi connectivity index (χ0v) is 10.7. The van der Waals surface area contributed by atoms with Gasteiger partial charge in [0.1, 0.15) is 5.82 Å². The summed E-state index contributed by atoms with van der Waals surface area (Å²) in [6.45, 7) is 5.94. The highest BCUT2D eigenvalue weighted by molar-refractivity contribution is 5.69. The first kappa shape index (κ1) is 11.8. The van der Waals surface area contributed by atoms with E-state index in [1.165, 1.54) is 16.7 Å². The van der Waals surface area contributed by atoms with Gasteiger partial charge in [-0.3, -0.25) is 0 Å². The van der Waals surface area contributed by atoms with Crippen LogP contribution in [0.1, 0.15) is 30.8 Å². The molecule has 0 bridgehead atoms. The van der Waals surface area contributed by atoms with E-state index in [0.29, 0.717) is 0 Å². The maximum Gasteiger partial charge on any atom is 0.125 e. The van der Waals surface area contributed by atoms with E-state index in [9.17, 15) is 0 Å². The third-order valence-electron chi connectivity index (χ3n) is 2.92. The van der Waals surface area contributed by atoms with Gasteiger partial charge in [-0.05, 0) is 30.9 Å². The Kier molecular flexibility index (Phi) is 3.52. The molecule has 0 N–H and O–H groups in total. The van der Waals surface area contributed by atoms with Crippen LogP contribution < -0.4 is 0 Å². The fourth-order valence-electron chi connectivity index (χ4n) is 2.15. The minimum atomic E-state index is 0.852. The van der Waals surface area contributed by atoms with Gasteiger partial charge in [0, 0.05) is 11.8 Å². The molecule has 88 valence electrons. The van der Waals surface area contributed by atoms with E-state index in [-0.39, 0.29) is 0 Å². The molecule has 0 unspecified atom stereocenters. The molecular formula is C15H18N2. The van der Waals surface area contributed by atoms with E-state index >= 15 is 0 Å². The van der Waals surface area contributed by atoms with Gasteiger partial charge in [-0.25, -0.2) is 9.97 Å². The Morgan fingerprint density at radius 3 is 2.53 bits per heavy atom. The lowest BCUT2D eigenvalue weighted by Gasteiger charge is -2.18. The van der Waals surface area contributed by atoms with Crippen molar-refractivity contribution in [2.45, 2.75) is 33.6 Å². The van der Waals surface area contributed by atoms with Gasteiger partial charge in [-0.15, -0.1) is 0 Å². The van der Waals surface area contributed by atoms with E-state index in [1.807, 2.05) is 27.0 Å². The third kappa shape index (κ3) is 2.21. The normalized spacial score (nSPS) is 11.9. The molecule has 1 heterocycles. The Hall–Kier alpha value is -1.70. The predicted octanol–water partition coefficient (Wildman–Crippen LogP) is 3.58. The monoisotopic (exact) mass is 226 g/mol. The molecule has 2 aromatic rings. The highest BCUT2D eigenvalue weighted by Gasteiger charge is 2.16. The van der Waals surface area contributed by atoms with Crippen LogP contribution >= 0.6 is 0 Å². The first-order valence-corrected chi connectivity index (χ1v) is 6.25. The maximum atomic E-state index is 4.54. The van der Waals surface area contributed by atoms with Crippen molar-refractivity contribution in [2.75, 3.05) is 0 Å². The number of hydrogen-bond donors (Lipinski definition) is 0. The molecule has 0 atom stereocenters. The fourth-order valence-corrected chi connectivity index (χ4v) is 2.15. The third-order valence-corrected chi connectivity index (χ3v) is 2.92. The van der Waals surface area contributed by atoms with Crippen molar-refractivity contribution in [2.24, 2.45) is 0 Å². The van der Waals surface area contributed by atoms with E-state index in [4.69, 9.17) is 0 Å². The molecule has 0 aliphatic heterocycles. The Labute approximate surface area is 103 Å². The maximum absolute atomic E-state index is 4.54. The lowest BCUT2D eigenvalue weighted by molar-refractivity contribution is 0.896. The van der Waals surface area contributed by atoms with E-state index in [1.54, 1.807) is 0 Å². The molecule has 2 nitrogen and oxygen atoms in total. The Morgan fingerprint density at radius 2 is 1.71 bits per heavy atom. The first-order chi connectivity index (χ1) is 8.34. The fraction of sp³-hybridized carbons (Fsp3) is 0.333. The first-order valence-electron chi connectivity index (χ1n) is 6.25. The molecular weight excluding hydrogens is 208 g/mol. The van der Waals surface area contributed by atoms with E-state index in [2.05, 4.69) is 34.2 Å². The SMILES string of the molecule is CC.Cc1ncc2c(n1)-c1ccccc1CC2. The van der Waals surface area contributed by atoms with Crippen LogP contribution in [0.25, 0.3) is 11.3 Å². The molecule has 1 aliphatic carbocycles. The van der Waals surface area contributed by atoms with Crippen LogP contribution in [0.4, 0.5) is 0 Å². The summed E-state index contributed by atoms with van der Waals surface area (Å²) in [5, 5.41) is 0. The van der Waals surface area contributed by atoms with Gasteiger partial charge in [-0.2, -0.15) is 0 Å². The molecule has 0 fully saturated rings. The Morgan fingerprint density at radius 1 is 1.00 bits per heavy atom. The number of benzene rings is 1. The lowest BCUT2D eigenvalue weighted by Crippen LogP contribution is -2.07. The highest BCUT2D eigenvalue weighted by Crippen LogP contribution is 2.30. The van der Waals surface area contributed by atoms with Crippen molar-refractivity contribution >= 4 is 0 Å². The van der Waals surface area contributed by atoms with Gasteiger partial charge in [0.25, 0.3) is 0 Å². The second-order valence-electron chi connectivity index (χ2n) is 3.95. The number of aromatic nitrogens is 2. The quantitative estimate of drug-likeness (QED) is 0.686. The minimum Gasteiger partial charge on any atom is -0.241 e. The molecule has 0 amide bonds. The van der Waals surface area contributed by atoms with Crippen molar-refractivity contribution in [3.63, 3.8) is 0 Å². The Bertz CT molecular complexity index is 518. The zero-order valence-electron chi connectivity index (χ0n) is 10.7. The van der Waals surface area contributed by atoms with Crippen LogP contribution in [-0.4, -0.2) is 9.97 Å². The lowest BCUT2D eigenvalue weighted by atomic mass is 9.90. The number of nitrogens with zero attached hydrogens (tertiary/aromatic N) is 2. The summed E-state index contributed by atoms with van der Waals surface area (Å²) in [4.78, 5) is 8.80. The van der Waals surface area contributed by atoms with Crippen LogP contribution in [0.3, 0.4) is 0 Å². The molecule has 1 aromatic carbocycles. The standard InChI is InChI=1S/C13H12N2.C2H6/c1-9-14-8-11-7-6-10-4-2-3-5-12(10)13(11)15-9;1-2/h2-5,8H,6-7H2,1H3;1-2H3. The van der Waals surface area contributed by atoms with Crippen molar-refractivity contribution in [1.29, 1.82) is 0 Å². The highest BCUT2D eigenvalue weighted by atomic mass is 14.9. The summed E-state index contributed by atoms with van der Waals surface area (Å²) >= 11 is 0. The average Bonchev–Trinajstić information content (AvgIpc) is 2.41. The van der Waals surface area contributed by atoms with Gasteiger partial charge < -0.3 is 0 Å². The predicted molar refractivity (Wildman–Crippen MR) is 71.0 cm³/mol. The average molecular weight is 226 g/mol. The van der Waals surface area contributed by atoms with Crippen molar-refractivity contribution in [3.8, 4) is 11.3 Å².